The summed E-state index contributed by atoms with van der Waals surface area (Å²) in [5, 5.41) is 57.5. The maximum absolute atomic E-state index is 11.0. The SMILES string of the molecule is O=[N+]([O-])c1ccc(-c2nnc3c4sc5sc6c(nnn7c(-c8ccc([N+](=O)[O-])cc8)nnc67)c5c4nnn23)cc1. The Hall–Kier alpha value is -5.62. The lowest BCUT2D eigenvalue weighted by Crippen LogP contribution is -1.99. The first-order valence-electron chi connectivity index (χ1n) is 11.3. The quantitative estimate of drug-likeness (QED) is 0.218. The highest BCUT2D eigenvalue weighted by Crippen LogP contribution is 2.44. The van der Waals surface area contributed by atoms with Crippen LogP contribution in [0.4, 0.5) is 11.4 Å². The van der Waals surface area contributed by atoms with Crippen molar-refractivity contribution in [1.29, 1.82) is 0 Å². The number of rotatable bonds is 4. The van der Waals surface area contributed by atoms with Crippen molar-refractivity contribution in [2.75, 3.05) is 0 Å². The van der Waals surface area contributed by atoms with Crippen LogP contribution in [0, 0.1) is 20.2 Å². The third-order valence-corrected chi connectivity index (χ3v) is 8.77. The van der Waals surface area contributed by atoms with Gasteiger partial charge in [-0.1, -0.05) is 10.4 Å². The van der Waals surface area contributed by atoms with Gasteiger partial charge in [-0.25, -0.2) is 0 Å². The van der Waals surface area contributed by atoms with E-state index in [1.54, 1.807) is 24.3 Å². The van der Waals surface area contributed by atoms with Crippen molar-refractivity contribution < 1.29 is 9.85 Å². The molecule has 6 heterocycles. The third-order valence-electron chi connectivity index (χ3n) is 6.33. The fraction of sp³-hybridized carbons (Fsp3) is 0. The molecule has 40 heavy (non-hydrogen) atoms. The minimum absolute atomic E-state index is 0.0285. The lowest BCUT2D eigenvalue weighted by Gasteiger charge is -1.99. The molecular formula is C22H8N12O4S2. The van der Waals surface area contributed by atoms with Crippen LogP contribution in [0.3, 0.4) is 0 Å². The number of nitro groups is 2. The Labute approximate surface area is 226 Å². The molecule has 16 nitrogen and oxygen atoms in total. The summed E-state index contributed by atoms with van der Waals surface area (Å²) in [4.78, 5) is 21.1. The second kappa shape index (κ2) is 7.94. The molecule has 0 radical (unpaired) electrons. The van der Waals surface area contributed by atoms with E-state index >= 15 is 0 Å². The van der Waals surface area contributed by atoms with E-state index in [0.717, 1.165) is 18.8 Å². The van der Waals surface area contributed by atoms with Gasteiger partial charge in [-0.2, -0.15) is 9.03 Å². The molecule has 0 saturated carbocycles. The molecule has 0 N–H and O–H groups in total. The second-order valence-electron chi connectivity index (χ2n) is 8.53. The molecule has 18 heteroatoms. The second-order valence-corrected chi connectivity index (χ2v) is 10.8. The van der Waals surface area contributed by atoms with Crippen molar-refractivity contribution in [3.05, 3.63) is 68.8 Å². The van der Waals surface area contributed by atoms with Gasteiger partial charge in [0, 0.05) is 35.4 Å². The smallest absolute Gasteiger partial charge is 0.258 e. The van der Waals surface area contributed by atoms with Crippen molar-refractivity contribution in [3.8, 4) is 22.8 Å². The van der Waals surface area contributed by atoms with Crippen molar-refractivity contribution in [2.24, 2.45) is 0 Å². The first kappa shape index (κ1) is 22.4. The minimum atomic E-state index is -0.468. The van der Waals surface area contributed by atoms with Crippen LogP contribution in [0.15, 0.2) is 48.5 Å². The van der Waals surface area contributed by atoms with Gasteiger partial charge in [0.15, 0.2) is 22.9 Å². The molecule has 0 spiro atoms. The average Bonchev–Trinajstić information content (AvgIpc) is 3.73. The number of thiophene rings is 2. The van der Waals surface area contributed by atoms with E-state index in [2.05, 4.69) is 41.0 Å². The largest absolute Gasteiger partial charge is 0.269 e. The van der Waals surface area contributed by atoms with E-state index in [1.165, 1.54) is 56.0 Å². The van der Waals surface area contributed by atoms with Crippen molar-refractivity contribution in [3.63, 3.8) is 0 Å². The predicted molar refractivity (Wildman–Crippen MR) is 143 cm³/mol. The number of hydrogen-bond donors (Lipinski definition) is 0. The summed E-state index contributed by atoms with van der Waals surface area (Å²) >= 11 is 2.92. The Bertz CT molecular complexity index is 2180. The standard InChI is InChI=1S/C22H8N12O4S2/c35-33(36)11-5-1-9(2-6-11)18-25-27-20-16-14(23-29-31(18)20)13-15-17(40-22(13)39-16)21-28-26-19(32(21)30-24-15)10-3-7-12(8-4-10)34(37)38/h1-8H. The Kier molecular flexibility index (Phi) is 4.44. The molecule has 0 unspecified atom stereocenters. The van der Waals surface area contributed by atoms with Gasteiger partial charge in [0.25, 0.3) is 11.4 Å². The van der Waals surface area contributed by atoms with E-state index in [9.17, 15) is 20.2 Å². The monoisotopic (exact) mass is 568 g/mol. The molecule has 0 aliphatic heterocycles. The Morgan fingerprint density at radius 2 is 1.02 bits per heavy atom. The molecule has 0 fully saturated rings. The molecule has 0 amide bonds. The number of fused-ring (bicyclic) bond motifs is 9. The van der Waals surface area contributed by atoms with Crippen LogP contribution in [-0.2, 0) is 0 Å². The predicted octanol–water partition coefficient (Wildman–Crippen LogP) is 4.09. The van der Waals surface area contributed by atoms with Crippen LogP contribution in [0.25, 0.3) is 63.9 Å². The van der Waals surface area contributed by atoms with E-state index in [1.807, 2.05) is 0 Å². The van der Waals surface area contributed by atoms with Crippen LogP contribution < -0.4 is 0 Å². The number of nitro benzene ring substituents is 2. The van der Waals surface area contributed by atoms with E-state index < -0.39 is 9.85 Å². The molecule has 0 atom stereocenters. The van der Waals surface area contributed by atoms with Crippen LogP contribution >= 0.6 is 22.7 Å². The Balaban J connectivity index is 1.27. The number of non-ortho nitro benzene ring substituents is 2. The zero-order valence-electron chi connectivity index (χ0n) is 19.4. The lowest BCUT2D eigenvalue weighted by molar-refractivity contribution is -0.385. The van der Waals surface area contributed by atoms with Crippen molar-refractivity contribution >= 4 is 75.2 Å². The highest BCUT2D eigenvalue weighted by Gasteiger charge is 2.24. The maximum atomic E-state index is 11.0. The summed E-state index contributed by atoms with van der Waals surface area (Å²) in [5.41, 5.74) is 3.34. The van der Waals surface area contributed by atoms with Crippen LogP contribution in [-0.4, -0.2) is 59.9 Å². The zero-order valence-corrected chi connectivity index (χ0v) is 21.1. The first-order chi connectivity index (χ1) is 19.5. The molecule has 8 aromatic rings. The van der Waals surface area contributed by atoms with E-state index in [-0.39, 0.29) is 11.4 Å². The molecule has 0 aliphatic rings. The molecule has 2 aromatic carbocycles. The van der Waals surface area contributed by atoms with Gasteiger partial charge in [0.05, 0.1) is 19.2 Å². The highest BCUT2D eigenvalue weighted by molar-refractivity contribution is 7.45. The summed E-state index contributed by atoms with van der Waals surface area (Å²) in [6, 6.07) is 11.9. The van der Waals surface area contributed by atoms with Gasteiger partial charge in [0.1, 0.15) is 20.4 Å². The van der Waals surface area contributed by atoms with Crippen LogP contribution in [0.1, 0.15) is 0 Å². The summed E-state index contributed by atoms with van der Waals surface area (Å²) in [6.07, 6.45) is 0. The molecule has 6 aromatic heterocycles. The fourth-order valence-corrected chi connectivity index (χ4v) is 6.99. The minimum Gasteiger partial charge on any atom is -0.258 e. The fourth-order valence-electron chi connectivity index (χ4n) is 4.45. The normalized spacial score (nSPS) is 11.9. The average molecular weight is 569 g/mol. The zero-order chi connectivity index (χ0) is 27.1. The number of hydrogen-bond acceptors (Lipinski definition) is 14. The van der Waals surface area contributed by atoms with Gasteiger partial charge in [-0.3, -0.25) is 20.2 Å². The van der Waals surface area contributed by atoms with Crippen LogP contribution in [0.2, 0.25) is 0 Å². The first-order valence-corrected chi connectivity index (χ1v) is 13.0. The lowest BCUT2D eigenvalue weighted by atomic mass is 10.2. The summed E-state index contributed by atoms with van der Waals surface area (Å²) in [6.45, 7) is 0. The van der Waals surface area contributed by atoms with Crippen molar-refractivity contribution in [1.82, 2.24) is 50.0 Å². The summed E-state index contributed by atoms with van der Waals surface area (Å²) in [7, 11) is 0. The van der Waals surface area contributed by atoms with E-state index in [4.69, 9.17) is 0 Å². The topological polar surface area (TPSA) is 198 Å². The van der Waals surface area contributed by atoms with Gasteiger partial charge < -0.3 is 0 Å². The molecule has 0 aliphatic carbocycles. The summed E-state index contributed by atoms with van der Waals surface area (Å²) < 4.78 is 5.44. The molecule has 0 saturated heterocycles. The van der Waals surface area contributed by atoms with Crippen LogP contribution in [0.5, 0.6) is 0 Å². The summed E-state index contributed by atoms with van der Waals surface area (Å²) in [5.74, 6) is 0.814. The third kappa shape index (κ3) is 3.04. The Morgan fingerprint density at radius 3 is 1.43 bits per heavy atom. The van der Waals surface area contributed by atoms with Gasteiger partial charge in [-0.05, 0) is 24.3 Å². The number of benzene rings is 2. The van der Waals surface area contributed by atoms with Crippen molar-refractivity contribution in [2.45, 2.75) is 0 Å². The van der Waals surface area contributed by atoms with Gasteiger partial charge in [0.2, 0.25) is 0 Å². The molecule has 192 valence electrons. The van der Waals surface area contributed by atoms with Gasteiger partial charge >= 0.3 is 0 Å². The molecular weight excluding hydrogens is 560 g/mol. The maximum Gasteiger partial charge on any atom is 0.269 e. The Morgan fingerprint density at radius 1 is 0.600 bits per heavy atom. The molecule has 8 rings (SSSR count). The van der Waals surface area contributed by atoms with E-state index in [0.29, 0.717) is 45.1 Å². The molecule has 0 bridgehead atoms. The highest BCUT2D eigenvalue weighted by atomic mass is 32.2. The number of aromatic nitrogens is 10. The van der Waals surface area contributed by atoms with Gasteiger partial charge in [-0.15, -0.1) is 53.3 Å². The number of nitrogens with zero attached hydrogens (tertiary/aromatic N) is 12.